The van der Waals surface area contributed by atoms with Crippen LogP contribution in [0.5, 0.6) is 6.01 Å². The number of nitrogens with zero attached hydrogens (tertiary/aromatic N) is 7. The van der Waals surface area contributed by atoms with E-state index in [1.165, 1.54) is 0 Å². The fraction of sp³-hybridized carbons (Fsp3) is 0.455. The maximum atomic E-state index is 13.6. The third-order valence-electron chi connectivity index (χ3n) is 6.17. The largest absolute Gasteiger partial charge is 0.463 e. The zero-order chi connectivity index (χ0) is 21.5. The number of hydrogen-bond acceptors (Lipinski definition) is 7. The molecular formula is C22H25N7O2. The molecule has 3 atom stereocenters. The Morgan fingerprint density at radius 2 is 1.90 bits per heavy atom. The van der Waals surface area contributed by atoms with Gasteiger partial charge in [-0.2, -0.15) is 0 Å². The van der Waals surface area contributed by atoms with Gasteiger partial charge in [-0.25, -0.2) is 19.6 Å². The molecule has 3 unspecified atom stereocenters. The summed E-state index contributed by atoms with van der Waals surface area (Å²) in [7, 11) is 0. The maximum Gasteiger partial charge on any atom is 0.316 e. The van der Waals surface area contributed by atoms with Gasteiger partial charge < -0.3 is 9.64 Å². The minimum Gasteiger partial charge on any atom is -0.463 e. The predicted octanol–water partition coefficient (Wildman–Crippen LogP) is 2.45. The molecule has 9 heteroatoms. The number of aromatic nitrogens is 6. The summed E-state index contributed by atoms with van der Waals surface area (Å²) in [4.78, 5) is 28.9. The molecule has 5 rings (SSSR count). The topological polar surface area (TPSA) is 98.9 Å². The first-order valence-corrected chi connectivity index (χ1v) is 10.6. The second kappa shape index (κ2) is 7.72. The number of pyridine rings is 1. The molecule has 0 saturated carbocycles. The molecule has 31 heavy (non-hydrogen) atoms. The normalized spacial score (nSPS) is 22.2. The van der Waals surface area contributed by atoms with Gasteiger partial charge in [0.2, 0.25) is 0 Å². The molecule has 2 fully saturated rings. The molecule has 0 radical (unpaired) electrons. The van der Waals surface area contributed by atoms with Crippen LogP contribution in [-0.4, -0.2) is 59.4 Å². The number of carbonyl (C=O) groups is 1. The van der Waals surface area contributed by atoms with Crippen molar-refractivity contribution in [1.29, 1.82) is 0 Å². The zero-order valence-electron chi connectivity index (χ0n) is 17.9. The SMILES string of the molecule is Cc1cc(C)nc(OCC2CC3CCC2N3C(=O)c2ccc(C)nc2-n2ccnn2)n1. The lowest BCUT2D eigenvalue weighted by atomic mass is 9.90. The lowest BCUT2D eigenvalue weighted by Gasteiger charge is -2.25. The predicted molar refractivity (Wildman–Crippen MR) is 112 cm³/mol. The molecule has 3 aromatic rings. The van der Waals surface area contributed by atoms with Gasteiger partial charge in [0.1, 0.15) is 0 Å². The highest BCUT2D eigenvalue weighted by molar-refractivity contribution is 5.98. The van der Waals surface area contributed by atoms with Crippen LogP contribution in [0.15, 0.2) is 30.6 Å². The Balaban J connectivity index is 1.36. The smallest absolute Gasteiger partial charge is 0.316 e. The van der Waals surface area contributed by atoms with Crippen LogP contribution >= 0.6 is 0 Å². The van der Waals surface area contributed by atoms with E-state index in [-0.39, 0.29) is 23.9 Å². The number of ether oxygens (including phenoxy) is 1. The molecule has 9 nitrogen and oxygen atoms in total. The molecule has 0 spiro atoms. The third-order valence-corrected chi connectivity index (χ3v) is 6.17. The fourth-order valence-corrected chi connectivity index (χ4v) is 4.89. The van der Waals surface area contributed by atoms with Gasteiger partial charge >= 0.3 is 6.01 Å². The third kappa shape index (κ3) is 3.64. The lowest BCUT2D eigenvalue weighted by molar-refractivity contribution is 0.0708. The van der Waals surface area contributed by atoms with Crippen LogP contribution in [-0.2, 0) is 0 Å². The number of hydrogen-bond donors (Lipinski definition) is 0. The summed E-state index contributed by atoms with van der Waals surface area (Å²) in [5.74, 6) is 0.779. The van der Waals surface area contributed by atoms with Crippen molar-refractivity contribution in [2.24, 2.45) is 5.92 Å². The van der Waals surface area contributed by atoms with Gasteiger partial charge in [-0.3, -0.25) is 4.79 Å². The van der Waals surface area contributed by atoms with E-state index in [4.69, 9.17) is 4.74 Å². The standard InChI is InChI=1S/C22H25N7O2/c1-13-4-6-18(20(24-13)28-9-8-23-27-28)21(30)29-17-5-7-19(29)16(11-17)12-31-22-25-14(2)10-15(3)26-22/h4,6,8-10,16-17,19H,5,7,11-12H2,1-3H3. The van der Waals surface area contributed by atoms with Crippen LogP contribution in [0.1, 0.15) is 46.7 Å². The lowest BCUT2D eigenvalue weighted by Crippen LogP contribution is -2.38. The Hall–Kier alpha value is -3.36. The van der Waals surface area contributed by atoms with Crippen LogP contribution in [0.3, 0.4) is 0 Å². The van der Waals surface area contributed by atoms with Crippen molar-refractivity contribution in [3.8, 4) is 11.8 Å². The Morgan fingerprint density at radius 3 is 2.65 bits per heavy atom. The number of aryl methyl sites for hydroxylation is 3. The molecule has 1 amide bonds. The van der Waals surface area contributed by atoms with E-state index in [9.17, 15) is 4.79 Å². The molecule has 2 aliphatic rings. The van der Waals surface area contributed by atoms with Gasteiger partial charge in [-0.15, -0.1) is 5.10 Å². The first-order valence-electron chi connectivity index (χ1n) is 10.6. The monoisotopic (exact) mass is 419 g/mol. The van der Waals surface area contributed by atoms with Crippen molar-refractivity contribution in [2.75, 3.05) is 6.61 Å². The molecule has 3 aromatic heterocycles. The van der Waals surface area contributed by atoms with Crippen molar-refractivity contribution < 1.29 is 9.53 Å². The summed E-state index contributed by atoms with van der Waals surface area (Å²) >= 11 is 0. The molecule has 2 bridgehead atoms. The van der Waals surface area contributed by atoms with E-state index in [1.807, 2.05) is 43.9 Å². The fourth-order valence-electron chi connectivity index (χ4n) is 4.89. The summed E-state index contributed by atoms with van der Waals surface area (Å²) in [5, 5.41) is 7.91. The minimum absolute atomic E-state index is 0.00403. The summed E-state index contributed by atoms with van der Waals surface area (Å²) in [6, 6.07) is 6.41. The van der Waals surface area contributed by atoms with E-state index >= 15 is 0 Å². The van der Waals surface area contributed by atoms with Crippen molar-refractivity contribution in [1.82, 2.24) is 34.8 Å². The number of carbonyl (C=O) groups excluding carboxylic acids is 1. The van der Waals surface area contributed by atoms with Crippen LogP contribution < -0.4 is 4.74 Å². The minimum atomic E-state index is -0.00403. The molecule has 0 aromatic carbocycles. The quantitative estimate of drug-likeness (QED) is 0.626. The number of rotatable bonds is 5. The van der Waals surface area contributed by atoms with E-state index in [1.54, 1.807) is 17.1 Å². The first kappa shape index (κ1) is 19.6. The number of fused-ring (bicyclic) bond motifs is 2. The van der Waals surface area contributed by atoms with Gasteiger partial charge in [0.15, 0.2) is 5.82 Å². The van der Waals surface area contributed by atoms with Gasteiger partial charge in [0.25, 0.3) is 5.91 Å². The summed E-state index contributed by atoms with van der Waals surface area (Å²) < 4.78 is 7.49. The Labute approximate surface area is 180 Å². The molecule has 0 aliphatic carbocycles. The molecule has 0 N–H and O–H groups in total. The highest BCUT2D eigenvalue weighted by atomic mass is 16.5. The van der Waals surface area contributed by atoms with Crippen molar-refractivity contribution >= 4 is 5.91 Å². The van der Waals surface area contributed by atoms with Crippen LogP contribution in [0.4, 0.5) is 0 Å². The Kier molecular flexibility index (Phi) is 4.88. The van der Waals surface area contributed by atoms with Gasteiger partial charge in [0, 0.05) is 35.1 Å². The molecule has 5 heterocycles. The Bertz CT molecular complexity index is 1090. The zero-order valence-corrected chi connectivity index (χ0v) is 17.9. The Morgan fingerprint density at radius 1 is 1.10 bits per heavy atom. The van der Waals surface area contributed by atoms with E-state index in [2.05, 4.69) is 25.3 Å². The van der Waals surface area contributed by atoms with Crippen molar-refractivity contribution in [2.45, 2.75) is 52.1 Å². The van der Waals surface area contributed by atoms with E-state index in [0.717, 1.165) is 36.3 Å². The van der Waals surface area contributed by atoms with Gasteiger partial charge in [0.05, 0.1) is 24.6 Å². The second-order valence-electron chi connectivity index (χ2n) is 8.42. The maximum absolute atomic E-state index is 13.6. The van der Waals surface area contributed by atoms with E-state index < -0.39 is 0 Å². The first-order chi connectivity index (χ1) is 15.0. The van der Waals surface area contributed by atoms with Crippen LogP contribution in [0.25, 0.3) is 5.82 Å². The summed E-state index contributed by atoms with van der Waals surface area (Å²) in [5.41, 5.74) is 3.15. The van der Waals surface area contributed by atoms with Crippen LogP contribution in [0.2, 0.25) is 0 Å². The van der Waals surface area contributed by atoms with Gasteiger partial charge in [-0.05, 0) is 58.2 Å². The highest BCUT2D eigenvalue weighted by Crippen LogP contribution is 2.43. The van der Waals surface area contributed by atoms with Crippen molar-refractivity contribution in [3.05, 3.63) is 53.2 Å². The molecule has 160 valence electrons. The van der Waals surface area contributed by atoms with Gasteiger partial charge in [-0.1, -0.05) is 5.21 Å². The number of amides is 1. The summed E-state index contributed by atoms with van der Waals surface area (Å²) in [6.45, 7) is 6.27. The molecule has 2 aliphatic heterocycles. The molecule has 2 saturated heterocycles. The second-order valence-corrected chi connectivity index (χ2v) is 8.42. The van der Waals surface area contributed by atoms with Crippen LogP contribution in [0, 0.1) is 26.7 Å². The summed E-state index contributed by atoms with van der Waals surface area (Å²) in [6.07, 6.45) is 6.22. The van der Waals surface area contributed by atoms with Crippen molar-refractivity contribution in [3.63, 3.8) is 0 Å². The average molecular weight is 419 g/mol. The molecular weight excluding hydrogens is 394 g/mol. The average Bonchev–Trinajstić information content (AvgIpc) is 3.47. The van der Waals surface area contributed by atoms with E-state index in [0.29, 0.717) is 24.0 Å². The highest BCUT2D eigenvalue weighted by Gasteiger charge is 2.49.